The first-order chi connectivity index (χ1) is 12.7. The molecular formula is C18H17N5O3. The van der Waals surface area contributed by atoms with Gasteiger partial charge in [0.15, 0.2) is 0 Å². The number of ether oxygens (including phenoxy) is 1. The van der Waals surface area contributed by atoms with Crippen LogP contribution in [0.25, 0.3) is 11.4 Å². The van der Waals surface area contributed by atoms with E-state index in [0.29, 0.717) is 29.9 Å². The molecule has 1 fully saturated rings. The fourth-order valence-corrected chi connectivity index (χ4v) is 3.15. The summed E-state index contributed by atoms with van der Waals surface area (Å²) >= 11 is 0. The Morgan fingerprint density at radius 3 is 2.96 bits per heavy atom. The van der Waals surface area contributed by atoms with Gasteiger partial charge in [0.2, 0.25) is 11.7 Å². The highest BCUT2D eigenvalue weighted by molar-refractivity contribution is 5.92. The van der Waals surface area contributed by atoms with Crippen LogP contribution < -0.4 is 10.1 Å². The van der Waals surface area contributed by atoms with E-state index in [-0.39, 0.29) is 11.9 Å². The summed E-state index contributed by atoms with van der Waals surface area (Å²) in [5, 5.41) is 11.1. The minimum absolute atomic E-state index is 0.178. The first-order valence-electron chi connectivity index (χ1n) is 8.58. The smallest absolute Gasteiger partial charge is 0.270 e. The largest absolute Gasteiger partial charge is 0.491 e. The van der Waals surface area contributed by atoms with Crippen molar-refractivity contribution in [1.29, 1.82) is 0 Å². The number of hydrogen-bond acceptors (Lipinski definition) is 6. The maximum Gasteiger partial charge on any atom is 0.270 e. The van der Waals surface area contributed by atoms with E-state index in [0.717, 1.165) is 29.7 Å². The zero-order chi connectivity index (χ0) is 17.7. The number of nitrogens with one attached hydrogen (secondary N) is 1. The van der Waals surface area contributed by atoms with E-state index in [1.54, 1.807) is 24.0 Å². The molecular weight excluding hydrogens is 334 g/mol. The topological polar surface area (TPSA) is 95.1 Å². The molecule has 1 aliphatic carbocycles. The van der Waals surface area contributed by atoms with Crippen LogP contribution in [0.15, 0.2) is 35.0 Å². The molecule has 0 bridgehead atoms. The van der Waals surface area contributed by atoms with Gasteiger partial charge < -0.3 is 14.6 Å². The molecule has 132 valence electrons. The normalized spacial score (nSPS) is 18.4. The zero-order valence-corrected chi connectivity index (χ0v) is 14.2. The number of aryl methyl sites for hydroxylation is 1. The Bertz CT molecular complexity index is 988. The van der Waals surface area contributed by atoms with Crippen molar-refractivity contribution in [3.63, 3.8) is 0 Å². The lowest BCUT2D eigenvalue weighted by Crippen LogP contribution is -2.30. The SMILES string of the molecule is Cn1nccc1C(=O)N[C@@H]1COc2cc(-c3noc(C4CC4)n3)ccc21. The van der Waals surface area contributed by atoms with E-state index < -0.39 is 0 Å². The molecule has 0 radical (unpaired) electrons. The van der Waals surface area contributed by atoms with Gasteiger partial charge >= 0.3 is 0 Å². The predicted octanol–water partition coefficient (Wildman–Crippen LogP) is 2.21. The third-order valence-electron chi connectivity index (χ3n) is 4.78. The Balaban J connectivity index is 1.36. The second kappa shape index (κ2) is 5.69. The van der Waals surface area contributed by atoms with Crippen molar-refractivity contribution in [2.45, 2.75) is 24.8 Å². The molecule has 1 aromatic carbocycles. The number of amides is 1. The van der Waals surface area contributed by atoms with Gasteiger partial charge in [0.05, 0.1) is 6.04 Å². The summed E-state index contributed by atoms with van der Waals surface area (Å²) in [6, 6.07) is 7.25. The Kier molecular flexibility index (Phi) is 3.31. The van der Waals surface area contributed by atoms with Crippen LogP contribution in [0.5, 0.6) is 5.75 Å². The predicted molar refractivity (Wildman–Crippen MR) is 90.6 cm³/mol. The molecule has 1 saturated carbocycles. The Morgan fingerprint density at radius 1 is 1.31 bits per heavy atom. The molecule has 2 aromatic heterocycles. The van der Waals surface area contributed by atoms with Crippen LogP contribution in [0.2, 0.25) is 0 Å². The molecule has 1 N–H and O–H groups in total. The number of fused-ring (bicyclic) bond motifs is 1. The van der Waals surface area contributed by atoms with Gasteiger partial charge in [-0.3, -0.25) is 9.48 Å². The van der Waals surface area contributed by atoms with Gasteiger partial charge in [-0.2, -0.15) is 10.1 Å². The molecule has 0 spiro atoms. The number of carbonyl (C=O) groups is 1. The Labute approximate surface area is 149 Å². The summed E-state index contributed by atoms with van der Waals surface area (Å²) in [6.45, 7) is 0.391. The molecule has 0 unspecified atom stereocenters. The summed E-state index contributed by atoms with van der Waals surface area (Å²) in [5.74, 6) is 2.26. The van der Waals surface area contributed by atoms with E-state index in [9.17, 15) is 4.79 Å². The van der Waals surface area contributed by atoms with Crippen LogP contribution in [0.3, 0.4) is 0 Å². The van der Waals surface area contributed by atoms with Crippen molar-refractivity contribution in [3.05, 3.63) is 47.6 Å². The zero-order valence-electron chi connectivity index (χ0n) is 14.2. The fraction of sp³-hybridized carbons (Fsp3) is 0.333. The maximum absolute atomic E-state index is 12.4. The number of rotatable bonds is 4. The highest BCUT2D eigenvalue weighted by Crippen LogP contribution is 2.40. The number of hydrogen-bond donors (Lipinski definition) is 1. The van der Waals surface area contributed by atoms with Gasteiger partial charge in [0, 0.05) is 30.3 Å². The molecule has 0 saturated heterocycles. The summed E-state index contributed by atoms with van der Waals surface area (Å²) in [4.78, 5) is 16.9. The third-order valence-corrected chi connectivity index (χ3v) is 4.78. The molecule has 1 amide bonds. The van der Waals surface area contributed by atoms with Crippen molar-refractivity contribution in [2.24, 2.45) is 7.05 Å². The number of carbonyl (C=O) groups excluding carboxylic acids is 1. The quantitative estimate of drug-likeness (QED) is 0.774. The number of aromatic nitrogens is 4. The van der Waals surface area contributed by atoms with Crippen LogP contribution >= 0.6 is 0 Å². The van der Waals surface area contributed by atoms with Crippen molar-refractivity contribution < 1.29 is 14.1 Å². The van der Waals surface area contributed by atoms with Gasteiger partial charge in [-0.1, -0.05) is 17.3 Å². The van der Waals surface area contributed by atoms with Crippen LogP contribution in [0, 0.1) is 0 Å². The summed E-state index contributed by atoms with van der Waals surface area (Å²) in [6.07, 6.45) is 3.83. The average molecular weight is 351 g/mol. The van der Waals surface area contributed by atoms with E-state index in [1.807, 2.05) is 18.2 Å². The molecule has 8 heteroatoms. The average Bonchev–Trinajstić information content (AvgIpc) is 3.05. The highest BCUT2D eigenvalue weighted by atomic mass is 16.5. The standard InChI is InChI=1S/C18H17N5O3/c1-23-14(6-7-19-23)17(24)20-13-9-25-15-8-11(4-5-12(13)15)16-21-18(26-22-16)10-2-3-10/h4-8,10,13H,2-3,9H2,1H3,(H,20,24)/t13-/m1/s1. The first-order valence-corrected chi connectivity index (χ1v) is 8.58. The van der Waals surface area contributed by atoms with Gasteiger partial charge in [0.25, 0.3) is 5.91 Å². The van der Waals surface area contributed by atoms with E-state index >= 15 is 0 Å². The van der Waals surface area contributed by atoms with Crippen molar-refractivity contribution in [3.8, 4) is 17.1 Å². The Morgan fingerprint density at radius 2 is 2.19 bits per heavy atom. The molecule has 3 aromatic rings. The van der Waals surface area contributed by atoms with Crippen molar-refractivity contribution >= 4 is 5.91 Å². The second-order valence-corrected chi connectivity index (χ2v) is 6.66. The number of nitrogens with zero attached hydrogens (tertiary/aromatic N) is 4. The molecule has 3 heterocycles. The summed E-state index contributed by atoms with van der Waals surface area (Å²) < 4.78 is 12.6. The second-order valence-electron chi connectivity index (χ2n) is 6.66. The van der Waals surface area contributed by atoms with Crippen LogP contribution in [0.1, 0.15) is 46.7 Å². The van der Waals surface area contributed by atoms with E-state index in [1.165, 1.54) is 0 Å². The molecule has 8 nitrogen and oxygen atoms in total. The maximum atomic E-state index is 12.4. The van der Waals surface area contributed by atoms with Crippen LogP contribution in [-0.4, -0.2) is 32.4 Å². The van der Waals surface area contributed by atoms with E-state index in [4.69, 9.17) is 9.26 Å². The lowest BCUT2D eigenvalue weighted by Gasteiger charge is -2.11. The lowest BCUT2D eigenvalue weighted by molar-refractivity contribution is 0.0920. The van der Waals surface area contributed by atoms with Crippen molar-refractivity contribution in [2.75, 3.05) is 6.61 Å². The van der Waals surface area contributed by atoms with Gasteiger partial charge in [-0.15, -0.1) is 0 Å². The molecule has 1 aliphatic heterocycles. The van der Waals surface area contributed by atoms with E-state index in [2.05, 4.69) is 20.6 Å². The third kappa shape index (κ3) is 2.54. The first kappa shape index (κ1) is 15.1. The Hall–Kier alpha value is -3.16. The van der Waals surface area contributed by atoms with Crippen LogP contribution in [0.4, 0.5) is 0 Å². The van der Waals surface area contributed by atoms with Gasteiger partial charge in [-0.25, -0.2) is 0 Å². The lowest BCUT2D eigenvalue weighted by atomic mass is 10.1. The van der Waals surface area contributed by atoms with Crippen LogP contribution in [-0.2, 0) is 7.05 Å². The van der Waals surface area contributed by atoms with Gasteiger partial charge in [0.1, 0.15) is 18.1 Å². The molecule has 5 rings (SSSR count). The summed E-state index contributed by atoms with van der Waals surface area (Å²) in [5.41, 5.74) is 2.29. The summed E-state index contributed by atoms with van der Waals surface area (Å²) in [7, 11) is 1.74. The van der Waals surface area contributed by atoms with Crippen molar-refractivity contribution in [1.82, 2.24) is 25.2 Å². The highest BCUT2D eigenvalue weighted by Gasteiger charge is 2.31. The van der Waals surface area contributed by atoms with Gasteiger partial charge in [-0.05, 0) is 25.0 Å². The minimum atomic E-state index is -0.200. The number of benzene rings is 1. The fourth-order valence-electron chi connectivity index (χ4n) is 3.15. The molecule has 26 heavy (non-hydrogen) atoms. The molecule has 2 aliphatic rings. The molecule has 1 atom stereocenters. The monoisotopic (exact) mass is 351 g/mol. The minimum Gasteiger partial charge on any atom is -0.491 e.